The number of aliphatic hydroxyl groups excluding tert-OH is 1. The molecule has 0 aliphatic carbocycles. The quantitative estimate of drug-likeness (QED) is 0.468. The number of hydrogen-bond acceptors (Lipinski definition) is 9. The Morgan fingerprint density at radius 3 is 2.76 bits per heavy atom. The first-order valence-corrected chi connectivity index (χ1v) is 11.3. The molecule has 4 aromatic rings. The van der Waals surface area contributed by atoms with Crippen LogP contribution in [0, 0.1) is 5.41 Å². The van der Waals surface area contributed by atoms with Crippen molar-refractivity contribution < 1.29 is 9.84 Å². The van der Waals surface area contributed by atoms with Crippen LogP contribution in [0.2, 0.25) is 0 Å². The van der Waals surface area contributed by atoms with Gasteiger partial charge in [-0.25, -0.2) is 19.3 Å². The Morgan fingerprint density at radius 1 is 1.21 bits per heavy atom. The summed E-state index contributed by atoms with van der Waals surface area (Å²) in [6.45, 7) is 4.17. The zero-order valence-corrected chi connectivity index (χ0v) is 18.7. The van der Waals surface area contributed by atoms with E-state index < -0.39 is 0 Å². The topological polar surface area (TPSA) is 133 Å². The normalized spacial score (nSPS) is 22.7. The fourth-order valence-electron chi connectivity index (χ4n) is 5.21. The highest BCUT2D eigenvalue weighted by molar-refractivity contribution is 5.79. The first kappa shape index (κ1) is 20.5. The van der Waals surface area contributed by atoms with Crippen LogP contribution in [0.1, 0.15) is 25.5 Å². The monoisotopic (exact) mass is 449 g/mol. The molecule has 3 aromatic heterocycles. The molecule has 172 valence electrons. The van der Waals surface area contributed by atoms with Gasteiger partial charge in [0.25, 0.3) is 0 Å². The van der Waals surface area contributed by atoms with Crippen LogP contribution < -0.4 is 10.6 Å². The zero-order chi connectivity index (χ0) is 22.7. The van der Waals surface area contributed by atoms with Crippen LogP contribution in [0.5, 0.6) is 0 Å². The van der Waals surface area contributed by atoms with Crippen molar-refractivity contribution in [2.45, 2.75) is 38.5 Å². The first-order valence-electron chi connectivity index (χ1n) is 11.3. The van der Waals surface area contributed by atoms with Gasteiger partial charge >= 0.3 is 0 Å². The first-order chi connectivity index (χ1) is 16.0. The average Bonchev–Trinajstić information content (AvgIpc) is 3.51. The third kappa shape index (κ3) is 3.10. The molecule has 0 amide bonds. The lowest BCUT2D eigenvalue weighted by Crippen LogP contribution is -2.51. The lowest BCUT2D eigenvalue weighted by molar-refractivity contribution is 0.0973. The second kappa shape index (κ2) is 7.44. The number of piperidine rings is 1. The van der Waals surface area contributed by atoms with Crippen molar-refractivity contribution in [3.8, 4) is 5.69 Å². The van der Waals surface area contributed by atoms with Gasteiger partial charge in [0.15, 0.2) is 11.5 Å². The summed E-state index contributed by atoms with van der Waals surface area (Å²) in [7, 11) is 1.85. The maximum Gasteiger partial charge on any atom is 0.182 e. The van der Waals surface area contributed by atoms with Gasteiger partial charge < -0.3 is 20.5 Å². The predicted molar refractivity (Wildman–Crippen MR) is 122 cm³/mol. The van der Waals surface area contributed by atoms with E-state index in [-0.39, 0.29) is 24.2 Å². The van der Waals surface area contributed by atoms with E-state index in [4.69, 9.17) is 20.4 Å². The summed E-state index contributed by atoms with van der Waals surface area (Å²) in [5.41, 5.74) is 10.9. The molecule has 0 unspecified atom stereocenters. The van der Waals surface area contributed by atoms with Gasteiger partial charge in [-0.15, -0.1) is 5.10 Å². The largest absolute Gasteiger partial charge is 0.390 e. The minimum atomic E-state index is -0.199. The Bertz CT molecular complexity index is 1340. The Labute approximate surface area is 190 Å². The summed E-state index contributed by atoms with van der Waals surface area (Å²) >= 11 is 0. The molecule has 1 spiro atoms. The van der Waals surface area contributed by atoms with Crippen LogP contribution in [0.25, 0.3) is 27.9 Å². The van der Waals surface area contributed by atoms with Crippen molar-refractivity contribution >= 4 is 28.0 Å². The van der Waals surface area contributed by atoms with Gasteiger partial charge in [-0.1, -0.05) is 5.21 Å². The van der Waals surface area contributed by atoms with Crippen molar-refractivity contribution in [2.24, 2.45) is 18.2 Å². The van der Waals surface area contributed by atoms with Crippen LogP contribution in [0.3, 0.4) is 0 Å². The fourth-order valence-corrected chi connectivity index (χ4v) is 5.21. The lowest BCUT2D eigenvalue weighted by atomic mass is 9.73. The minimum Gasteiger partial charge on any atom is -0.390 e. The summed E-state index contributed by atoms with van der Waals surface area (Å²) in [5, 5.41) is 22.8. The molecule has 6 rings (SSSR count). The van der Waals surface area contributed by atoms with Gasteiger partial charge in [-0.05, 0) is 38.0 Å². The van der Waals surface area contributed by atoms with E-state index >= 15 is 0 Å². The van der Waals surface area contributed by atoms with Crippen LogP contribution in [0.4, 0.5) is 5.82 Å². The number of benzene rings is 1. The molecule has 0 radical (unpaired) electrons. The highest BCUT2D eigenvalue weighted by atomic mass is 16.5. The Balaban J connectivity index is 1.34. The molecular weight excluding hydrogens is 422 g/mol. The molecule has 3 N–H and O–H groups in total. The molecule has 2 atom stereocenters. The fraction of sp³-hybridized carbons (Fsp3) is 0.500. The number of ether oxygens (including phenoxy) is 1. The van der Waals surface area contributed by atoms with Crippen LogP contribution >= 0.6 is 0 Å². The van der Waals surface area contributed by atoms with Crippen molar-refractivity contribution in [1.82, 2.24) is 34.7 Å². The van der Waals surface area contributed by atoms with Gasteiger partial charge in [0, 0.05) is 31.6 Å². The van der Waals surface area contributed by atoms with Crippen molar-refractivity contribution in [3.63, 3.8) is 0 Å². The Morgan fingerprint density at radius 2 is 2.03 bits per heavy atom. The molecule has 0 saturated carbocycles. The standard InChI is InChI=1S/C22H27N9O2/c1-13-19(23)22(12-33-13)5-7-30(8-6-22)20-17(11-32)26-21-16(25-20)10-24-31(21)14-3-4-15-18(9-14)29(2)28-27-15/h3-4,9-10,13,19,32H,5-8,11-12,23H2,1-2H3/t13-,19+/m0/s1. The molecule has 2 aliphatic heterocycles. The van der Waals surface area contributed by atoms with E-state index in [1.54, 1.807) is 15.6 Å². The third-order valence-corrected chi connectivity index (χ3v) is 7.34. The molecule has 11 nitrogen and oxygen atoms in total. The van der Waals surface area contributed by atoms with Crippen molar-refractivity contribution in [1.29, 1.82) is 0 Å². The van der Waals surface area contributed by atoms with Gasteiger partial charge in [-0.2, -0.15) is 5.10 Å². The number of aliphatic hydroxyl groups is 1. The summed E-state index contributed by atoms with van der Waals surface area (Å²) in [6.07, 6.45) is 3.67. The van der Waals surface area contributed by atoms with Crippen LogP contribution in [-0.4, -0.2) is 71.7 Å². The number of fused-ring (bicyclic) bond motifs is 2. The van der Waals surface area contributed by atoms with Crippen molar-refractivity contribution in [2.75, 3.05) is 24.6 Å². The lowest BCUT2D eigenvalue weighted by Gasteiger charge is -2.41. The number of anilines is 1. The highest BCUT2D eigenvalue weighted by Crippen LogP contribution is 2.42. The van der Waals surface area contributed by atoms with E-state index in [1.165, 1.54) is 0 Å². The number of nitrogens with zero attached hydrogens (tertiary/aromatic N) is 8. The number of nitrogens with two attached hydrogens (primary N) is 1. The molecule has 1 aromatic carbocycles. The zero-order valence-electron chi connectivity index (χ0n) is 18.7. The summed E-state index contributed by atoms with van der Waals surface area (Å²) in [6, 6.07) is 5.85. The van der Waals surface area contributed by atoms with Crippen LogP contribution in [0.15, 0.2) is 24.4 Å². The minimum absolute atomic E-state index is 0.0248. The molecule has 2 aliphatic rings. The number of rotatable bonds is 3. The summed E-state index contributed by atoms with van der Waals surface area (Å²) in [4.78, 5) is 11.8. The smallest absolute Gasteiger partial charge is 0.182 e. The average molecular weight is 450 g/mol. The third-order valence-electron chi connectivity index (χ3n) is 7.34. The van der Waals surface area contributed by atoms with Gasteiger partial charge in [0.05, 0.1) is 36.7 Å². The maximum atomic E-state index is 10.1. The van der Waals surface area contributed by atoms with Gasteiger partial charge in [0.1, 0.15) is 16.7 Å². The predicted octanol–water partition coefficient (Wildman–Crippen LogP) is 0.922. The Kier molecular flexibility index (Phi) is 4.61. The van der Waals surface area contributed by atoms with E-state index in [0.29, 0.717) is 29.3 Å². The molecule has 11 heteroatoms. The highest BCUT2D eigenvalue weighted by Gasteiger charge is 2.47. The SMILES string of the molecule is C[C@@H]1OCC2(CCN(c3nc4cnn(-c5ccc6nnn(C)c6c5)c4nc3CO)CC2)[C@@H]1N. The molecule has 2 fully saturated rings. The molecule has 0 bridgehead atoms. The van der Waals surface area contributed by atoms with E-state index in [2.05, 4.69) is 27.2 Å². The summed E-state index contributed by atoms with van der Waals surface area (Å²) < 4.78 is 9.30. The maximum absolute atomic E-state index is 10.1. The van der Waals surface area contributed by atoms with Gasteiger partial charge in [0.2, 0.25) is 0 Å². The second-order valence-corrected chi connectivity index (χ2v) is 9.19. The van der Waals surface area contributed by atoms with Gasteiger partial charge in [-0.3, -0.25) is 0 Å². The molecule has 2 saturated heterocycles. The number of hydrogen-bond donors (Lipinski definition) is 2. The van der Waals surface area contributed by atoms with E-state index in [0.717, 1.165) is 42.7 Å². The Hall–Kier alpha value is -3.15. The number of aryl methyl sites for hydroxylation is 1. The van der Waals surface area contributed by atoms with E-state index in [1.807, 2.05) is 25.2 Å². The number of aromatic nitrogens is 7. The molecular formula is C22H27N9O2. The molecule has 33 heavy (non-hydrogen) atoms. The second-order valence-electron chi connectivity index (χ2n) is 9.19. The van der Waals surface area contributed by atoms with Crippen LogP contribution in [-0.2, 0) is 18.4 Å². The molecule has 5 heterocycles. The van der Waals surface area contributed by atoms with E-state index in [9.17, 15) is 5.11 Å². The van der Waals surface area contributed by atoms with Crippen molar-refractivity contribution in [3.05, 3.63) is 30.1 Å². The summed E-state index contributed by atoms with van der Waals surface area (Å²) in [5.74, 6) is 0.714.